The molecule has 1 atom stereocenters. The number of hydrogen-bond acceptors (Lipinski definition) is 1. The van der Waals surface area contributed by atoms with Crippen LogP contribution in [0.1, 0.15) is 49.6 Å². The van der Waals surface area contributed by atoms with E-state index in [0.717, 1.165) is 12.0 Å². The molecule has 1 rings (SSSR count). The molecule has 0 saturated heterocycles. The summed E-state index contributed by atoms with van der Waals surface area (Å²) >= 11 is 3.50. The van der Waals surface area contributed by atoms with E-state index in [1.807, 2.05) is 12.1 Å². The predicted octanol–water partition coefficient (Wildman–Crippen LogP) is 5.78. The number of benzene rings is 1. The van der Waals surface area contributed by atoms with Gasteiger partial charge in [-0.25, -0.2) is 0 Å². The molecule has 21 heavy (non-hydrogen) atoms. The maximum absolute atomic E-state index is 12.0. The zero-order chi connectivity index (χ0) is 16.1. The Labute approximate surface area is 133 Å². The second-order valence-electron chi connectivity index (χ2n) is 5.78. The summed E-state index contributed by atoms with van der Waals surface area (Å²) in [5, 5.41) is 0. The van der Waals surface area contributed by atoms with E-state index in [9.17, 15) is 13.2 Å². The van der Waals surface area contributed by atoms with Crippen molar-refractivity contribution in [1.29, 1.82) is 0 Å². The molecule has 0 fully saturated rings. The summed E-state index contributed by atoms with van der Waals surface area (Å²) < 4.78 is 40.5. The maximum Gasteiger partial charge on any atom is 0.411 e. The summed E-state index contributed by atoms with van der Waals surface area (Å²) in [6.45, 7) is 5.43. The first kappa shape index (κ1) is 18.5. The van der Waals surface area contributed by atoms with Crippen LogP contribution in [0.3, 0.4) is 0 Å². The lowest BCUT2D eigenvalue weighted by molar-refractivity contribution is -0.174. The van der Waals surface area contributed by atoms with Crippen molar-refractivity contribution in [3.63, 3.8) is 0 Å². The summed E-state index contributed by atoms with van der Waals surface area (Å²) in [5.41, 5.74) is 2.46. The number of hydrogen-bond donors (Lipinski definition) is 0. The highest BCUT2D eigenvalue weighted by atomic mass is 79.9. The molecule has 0 bridgehead atoms. The van der Waals surface area contributed by atoms with E-state index in [1.165, 1.54) is 5.56 Å². The fraction of sp³-hybridized carbons (Fsp3) is 0.625. The fourth-order valence-electron chi connectivity index (χ4n) is 1.89. The molecular weight excluding hydrogens is 345 g/mol. The molecule has 1 nitrogen and oxygen atoms in total. The van der Waals surface area contributed by atoms with Crippen molar-refractivity contribution < 1.29 is 17.9 Å². The molecule has 0 N–H and O–H groups in total. The van der Waals surface area contributed by atoms with Crippen molar-refractivity contribution in [2.24, 2.45) is 0 Å². The molecule has 0 aromatic heterocycles. The standard InChI is InChI=1S/C16H22BrF3O/c1-4-15(2,3)13-7-5-12(6-8-13)14(17)9-10-21-11-16(18,19)20/h5-8,14H,4,9-11H2,1-3H3. The molecule has 0 aliphatic heterocycles. The molecule has 0 aliphatic carbocycles. The maximum atomic E-state index is 12.0. The molecule has 1 unspecified atom stereocenters. The van der Waals surface area contributed by atoms with Crippen LogP contribution < -0.4 is 0 Å². The SMILES string of the molecule is CCC(C)(C)c1ccc(C(Br)CCOCC(F)(F)F)cc1. The molecule has 0 aliphatic rings. The molecule has 120 valence electrons. The average molecular weight is 367 g/mol. The van der Waals surface area contributed by atoms with Crippen LogP contribution in [-0.4, -0.2) is 19.4 Å². The topological polar surface area (TPSA) is 9.23 Å². The van der Waals surface area contributed by atoms with Gasteiger partial charge in [0.25, 0.3) is 0 Å². The van der Waals surface area contributed by atoms with Crippen LogP contribution in [0.4, 0.5) is 13.2 Å². The number of halogens is 4. The Kier molecular flexibility index (Phi) is 6.72. The van der Waals surface area contributed by atoms with Crippen molar-refractivity contribution >= 4 is 15.9 Å². The van der Waals surface area contributed by atoms with Crippen molar-refractivity contribution in [2.45, 2.75) is 50.0 Å². The Balaban J connectivity index is 2.50. The van der Waals surface area contributed by atoms with E-state index in [2.05, 4.69) is 53.6 Å². The largest absolute Gasteiger partial charge is 0.411 e. The van der Waals surface area contributed by atoms with Gasteiger partial charge in [0.2, 0.25) is 0 Å². The normalized spacial score (nSPS) is 14.2. The Morgan fingerprint density at radius 2 is 1.71 bits per heavy atom. The minimum absolute atomic E-state index is 0.00419. The Morgan fingerprint density at radius 3 is 2.19 bits per heavy atom. The molecule has 1 aromatic carbocycles. The number of ether oxygens (including phenoxy) is 1. The van der Waals surface area contributed by atoms with E-state index in [4.69, 9.17) is 0 Å². The van der Waals surface area contributed by atoms with Gasteiger partial charge in [0.15, 0.2) is 0 Å². The van der Waals surface area contributed by atoms with Crippen molar-refractivity contribution in [3.8, 4) is 0 Å². The lowest BCUT2D eigenvalue weighted by atomic mass is 9.82. The molecule has 5 heteroatoms. The summed E-state index contributed by atoms with van der Waals surface area (Å²) in [4.78, 5) is 0.00419. The van der Waals surface area contributed by atoms with Crippen LogP contribution in [0.5, 0.6) is 0 Å². The van der Waals surface area contributed by atoms with Gasteiger partial charge in [-0.15, -0.1) is 0 Å². The van der Waals surface area contributed by atoms with Crippen molar-refractivity contribution in [3.05, 3.63) is 35.4 Å². The summed E-state index contributed by atoms with van der Waals surface area (Å²) in [6.07, 6.45) is -2.70. The third kappa shape index (κ3) is 6.39. The monoisotopic (exact) mass is 366 g/mol. The van der Waals surface area contributed by atoms with Gasteiger partial charge in [0.05, 0.1) is 0 Å². The quantitative estimate of drug-likeness (QED) is 0.439. The number of rotatable bonds is 7. The summed E-state index contributed by atoms with van der Waals surface area (Å²) in [6, 6.07) is 8.22. The molecule has 1 aromatic rings. The van der Waals surface area contributed by atoms with Crippen molar-refractivity contribution in [1.82, 2.24) is 0 Å². The first-order valence-electron chi connectivity index (χ1n) is 7.05. The van der Waals surface area contributed by atoms with E-state index in [1.54, 1.807) is 0 Å². The molecule has 0 radical (unpaired) electrons. The predicted molar refractivity (Wildman–Crippen MR) is 82.9 cm³/mol. The molecule has 0 saturated carbocycles. The van der Waals surface area contributed by atoms with Gasteiger partial charge in [-0.1, -0.05) is 61.0 Å². The highest BCUT2D eigenvalue weighted by molar-refractivity contribution is 9.09. The Morgan fingerprint density at radius 1 is 1.14 bits per heavy atom. The van der Waals surface area contributed by atoms with E-state index >= 15 is 0 Å². The number of alkyl halides is 4. The third-order valence-corrected chi connectivity index (χ3v) is 4.71. The van der Waals surface area contributed by atoms with Gasteiger partial charge < -0.3 is 4.74 Å². The van der Waals surface area contributed by atoms with Crippen LogP contribution in [0.15, 0.2) is 24.3 Å². The lowest BCUT2D eigenvalue weighted by Gasteiger charge is -2.24. The third-order valence-electron chi connectivity index (χ3n) is 3.72. The van der Waals surface area contributed by atoms with Crippen LogP contribution in [0.2, 0.25) is 0 Å². The van der Waals surface area contributed by atoms with Gasteiger partial charge in [-0.05, 0) is 29.4 Å². The zero-order valence-corrected chi connectivity index (χ0v) is 14.2. The van der Waals surface area contributed by atoms with Crippen LogP contribution >= 0.6 is 15.9 Å². The molecule has 0 spiro atoms. The average Bonchev–Trinajstić information content (AvgIpc) is 2.42. The highest BCUT2D eigenvalue weighted by Crippen LogP contribution is 2.31. The molecule has 0 heterocycles. The fourth-order valence-corrected chi connectivity index (χ4v) is 2.38. The van der Waals surface area contributed by atoms with Gasteiger partial charge in [-0.3, -0.25) is 0 Å². The molecule has 0 amide bonds. The second kappa shape index (κ2) is 7.63. The van der Waals surface area contributed by atoms with Gasteiger partial charge in [0, 0.05) is 11.4 Å². The highest BCUT2D eigenvalue weighted by Gasteiger charge is 2.27. The van der Waals surface area contributed by atoms with Crippen molar-refractivity contribution in [2.75, 3.05) is 13.2 Å². The van der Waals surface area contributed by atoms with Gasteiger partial charge in [0.1, 0.15) is 6.61 Å². The minimum Gasteiger partial charge on any atom is -0.372 e. The smallest absolute Gasteiger partial charge is 0.372 e. The first-order chi connectivity index (χ1) is 9.65. The minimum atomic E-state index is -4.25. The summed E-state index contributed by atoms with van der Waals surface area (Å²) in [5.74, 6) is 0. The molecular formula is C16H22BrF3O. The second-order valence-corrected chi connectivity index (χ2v) is 6.89. The Hall–Kier alpha value is -0.550. The van der Waals surface area contributed by atoms with Crippen LogP contribution in [0.25, 0.3) is 0 Å². The zero-order valence-electron chi connectivity index (χ0n) is 12.6. The van der Waals surface area contributed by atoms with E-state index in [0.29, 0.717) is 6.42 Å². The van der Waals surface area contributed by atoms with Gasteiger partial charge >= 0.3 is 6.18 Å². The van der Waals surface area contributed by atoms with Gasteiger partial charge in [-0.2, -0.15) is 13.2 Å². The first-order valence-corrected chi connectivity index (χ1v) is 7.96. The lowest BCUT2D eigenvalue weighted by Crippen LogP contribution is -2.17. The van der Waals surface area contributed by atoms with E-state index < -0.39 is 12.8 Å². The van der Waals surface area contributed by atoms with E-state index in [-0.39, 0.29) is 16.8 Å². The Bertz CT molecular complexity index is 426. The van der Waals surface area contributed by atoms with Crippen LogP contribution in [-0.2, 0) is 10.2 Å². The van der Waals surface area contributed by atoms with Crippen LogP contribution in [0, 0.1) is 0 Å². The summed E-state index contributed by atoms with van der Waals surface area (Å²) in [7, 11) is 0.